The molecule has 2 N–H and O–H groups in total. The molecule has 0 unspecified atom stereocenters. The molecule has 0 bridgehead atoms. The van der Waals surface area contributed by atoms with Crippen LogP contribution in [0, 0.1) is 0 Å². The van der Waals surface area contributed by atoms with Crippen LogP contribution in [0.25, 0.3) is 0 Å². The van der Waals surface area contributed by atoms with E-state index in [1.807, 2.05) is 13.0 Å². The molecule has 2 aromatic carbocycles. The lowest BCUT2D eigenvalue weighted by atomic mass is 10.1. The first kappa shape index (κ1) is 20.9. The second-order valence-electron chi connectivity index (χ2n) is 5.90. The third-order valence-electron chi connectivity index (χ3n) is 3.91. The molecule has 0 atom stereocenters. The Morgan fingerprint density at radius 1 is 1.11 bits per heavy atom. The molecule has 27 heavy (non-hydrogen) atoms. The topological polar surface area (TPSA) is 73.8 Å². The maximum Gasteiger partial charge on any atom is 0.264 e. The van der Waals surface area contributed by atoms with Gasteiger partial charge in [0.1, 0.15) is 0 Å². The number of hydrogen-bond donors (Lipinski definition) is 2. The zero-order chi connectivity index (χ0) is 19.9. The molecule has 0 aliphatic rings. The van der Waals surface area contributed by atoms with Crippen LogP contribution < -0.4 is 15.0 Å². The summed E-state index contributed by atoms with van der Waals surface area (Å²) in [5.41, 5.74) is 4.90. The molecule has 2 rings (SSSR count). The van der Waals surface area contributed by atoms with E-state index in [-0.39, 0.29) is 4.90 Å². The van der Waals surface area contributed by atoms with Gasteiger partial charge in [-0.05, 0) is 55.4 Å². The van der Waals surface area contributed by atoms with Crippen molar-refractivity contribution in [3.63, 3.8) is 0 Å². The van der Waals surface area contributed by atoms with E-state index in [4.69, 9.17) is 12.2 Å². The fourth-order valence-electron chi connectivity index (χ4n) is 2.28. The average Bonchev–Trinajstić information content (AvgIpc) is 2.70. The van der Waals surface area contributed by atoms with Crippen LogP contribution in [-0.2, 0) is 10.0 Å². The molecular formula is C19H24N4O2S2. The summed E-state index contributed by atoms with van der Waals surface area (Å²) in [6.45, 7) is 4.66. The van der Waals surface area contributed by atoms with E-state index in [0.29, 0.717) is 16.5 Å². The summed E-state index contributed by atoms with van der Waals surface area (Å²) < 4.78 is 26.8. The van der Waals surface area contributed by atoms with Gasteiger partial charge in [0, 0.05) is 13.6 Å². The summed E-state index contributed by atoms with van der Waals surface area (Å²) in [6, 6.07) is 15.6. The Hall–Kier alpha value is -2.45. The molecule has 0 saturated carbocycles. The first-order valence-electron chi connectivity index (χ1n) is 8.58. The van der Waals surface area contributed by atoms with Crippen molar-refractivity contribution in [3.05, 3.63) is 60.2 Å². The number of hydrogen-bond acceptors (Lipinski definition) is 4. The van der Waals surface area contributed by atoms with Crippen LogP contribution in [0.1, 0.15) is 25.8 Å². The fourth-order valence-corrected chi connectivity index (χ4v) is 3.62. The normalized spacial score (nSPS) is 11.7. The van der Waals surface area contributed by atoms with Gasteiger partial charge in [-0.3, -0.25) is 9.73 Å². The smallest absolute Gasteiger partial charge is 0.264 e. The molecule has 0 heterocycles. The highest BCUT2D eigenvalue weighted by Gasteiger charge is 2.21. The van der Waals surface area contributed by atoms with E-state index in [1.54, 1.807) is 55.6 Å². The van der Waals surface area contributed by atoms with Crippen molar-refractivity contribution in [2.45, 2.75) is 25.2 Å². The van der Waals surface area contributed by atoms with Gasteiger partial charge < -0.3 is 5.32 Å². The Balaban J connectivity index is 2.13. The van der Waals surface area contributed by atoms with Gasteiger partial charge in [-0.15, -0.1) is 0 Å². The van der Waals surface area contributed by atoms with Gasteiger partial charge >= 0.3 is 0 Å². The monoisotopic (exact) mass is 404 g/mol. The minimum Gasteiger partial charge on any atom is -0.361 e. The highest BCUT2D eigenvalue weighted by molar-refractivity contribution is 7.92. The van der Waals surface area contributed by atoms with Gasteiger partial charge in [0.15, 0.2) is 5.11 Å². The Morgan fingerprint density at radius 3 is 2.33 bits per heavy atom. The van der Waals surface area contributed by atoms with E-state index in [2.05, 4.69) is 22.8 Å². The largest absolute Gasteiger partial charge is 0.361 e. The van der Waals surface area contributed by atoms with Crippen molar-refractivity contribution in [1.29, 1.82) is 0 Å². The zero-order valence-corrected chi connectivity index (χ0v) is 17.3. The highest BCUT2D eigenvalue weighted by atomic mass is 32.2. The van der Waals surface area contributed by atoms with Gasteiger partial charge in [-0.1, -0.05) is 37.3 Å². The molecule has 0 aliphatic heterocycles. The molecule has 6 nitrogen and oxygen atoms in total. The molecular weight excluding hydrogens is 380 g/mol. The minimum absolute atomic E-state index is 0.221. The summed E-state index contributed by atoms with van der Waals surface area (Å²) in [4.78, 5) is 0.221. The molecule has 0 fully saturated rings. The molecule has 2 aromatic rings. The van der Waals surface area contributed by atoms with E-state index in [9.17, 15) is 8.42 Å². The van der Waals surface area contributed by atoms with Crippen LogP contribution in [-0.4, -0.2) is 32.8 Å². The summed E-state index contributed by atoms with van der Waals surface area (Å²) >= 11 is 5.12. The molecule has 0 saturated heterocycles. The highest BCUT2D eigenvalue weighted by Crippen LogP contribution is 2.22. The fraction of sp³-hybridized carbons (Fsp3) is 0.263. The van der Waals surface area contributed by atoms with Crippen molar-refractivity contribution in [2.75, 3.05) is 17.9 Å². The maximum atomic E-state index is 12.8. The van der Waals surface area contributed by atoms with Crippen LogP contribution in [0.5, 0.6) is 0 Å². The molecule has 0 spiro atoms. The number of sulfonamides is 1. The molecule has 0 aromatic heterocycles. The number of hydrazone groups is 1. The van der Waals surface area contributed by atoms with E-state index in [1.165, 1.54) is 4.31 Å². The van der Waals surface area contributed by atoms with Crippen molar-refractivity contribution < 1.29 is 8.42 Å². The first-order chi connectivity index (χ1) is 12.9. The first-order valence-corrected chi connectivity index (χ1v) is 10.4. The van der Waals surface area contributed by atoms with Crippen molar-refractivity contribution >= 4 is 38.8 Å². The Kier molecular flexibility index (Phi) is 7.32. The van der Waals surface area contributed by atoms with Crippen molar-refractivity contribution in [3.8, 4) is 0 Å². The second kappa shape index (κ2) is 9.48. The minimum atomic E-state index is -3.62. The van der Waals surface area contributed by atoms with Crippen molar-refractivity contribution in [1.82, 2.24) is 10.7 Å². The summed E-state index contributed by atoms with van der Waals surface area (Å²) in [6.07, 6.45) is 0.970. The SMILES string of the molecule is CCCNC(=S)N/N=C(\C)c1ccc(S(=O)(=O)N(C)c2ccccc2)cc1. The predicted molar refractivity (Wildman–Crippen MR) is 115 cm³/mol. The predicted octanol–water partition coefficient (Wildman–Crippen LogP) is 3.11. The van der Waals surface area contributed by atoms with Gasteiger partial charge in [-0.25, -0.2) is 8.42 Å². The molecule has 0 amide bonds. The molecule has 8 heteroatoms. The number of thiocarbonyl (C=S) groups is 1. The van der Waals surface area contributed by atoms with Crippen LogP contribution in [0.4, 0.5) is 5.69 Å². The number of nitrogens with one attached hydrogen (secondary N) is 2. The Bertz CT molecular complexity index is 895. The zero-order valence-electron chi connectivity index (χ0n) is 15.6. The molecule has 0 aliphatic carbocycles. The van der Waals surface area contributed by atoms with Crippen LogP contribution in [0.2, 0.25) is 0 Å². The standard InChI is InChI=1S/C19H24N4O2S2/c1-4-14-20-19(26)22-21-15(2)16-10-12-18(13-11-16)27(24,25)23(3)17-8-6-5-7-9-17/h5-13H,4,14H2,1-3H3,(H2,20,22,26)/b21-15+. The lowest BCUT2D eigenvalue weighted by Crippen LogP contribution is -2.33. The average molecular weight is 405 g/mol. The number of benzene rings is 2. The van der Waals surface area contributed by atoms with E-state index in [0.717, 1.165) is 18.5 Å². The van der Waals surface area contributed by atoms with Gasteiger partial charge in [0.2, 0.25) is 0 Å². The molecule has 144 valence electrons. The number of rotatable bonds is 7. The number of para-hydroxylation sites is 1. The lowest BCUT2D eigenvalue weighted by Gasteiger charge is -2.19. The molecule has 0 radical (unpaired) electrons. The van der Waals surface area contributed by atoms with Crippen LogP contribution in [0.15, 0.2) is 64.6 Å². The number of nitrogens with zero attached hydrogens (tertiary/aromatic N) is 2. The maximum absolute atomic E-state index is 12.8. The third-order valence-corrected chi connectivity index (χ3v) is 5.95. The quantitative estimate of drug-likeness (QED) is 0.421. The van der Waals surface area contributed by atoms with E-state index >= 15 is 0 Å². The Morgan fingerprint density at radius 2 is 1.74 bits per heavy atom. The van der Waals surface area contributed by atoms with E-state index < -0.39 is 10.0 Å². The third kappa shape index (κ3) is 5.51. The van der Waals surface area contributed by atoms with Crippen LogP contribution in [0.3, 0.4) is 0 Å². The van der Waals surface area contributed by atoms with Gasteiger partial charge in [-0.2, -0.15) is 5.10 Å². The van der Waals surface area contributed by atoms with Crippen LogP contribution >= 0.6 is 12.2 Å². The van der Waals surface area contributed by atoms with Crippen molar-refractivity contribution in [2.24, 2.45) is 5.10 Å². The lowest BCUT2D eigenvalue weighted by molar-refractivity contribution is 0.594. The Labute approximate surface area is 166 Å². The van der Waals surface area contributed by atoms with Gasteiger partial charge in [0.05, 0.1) is 16.3 Å². The second-order valence-corrected chi connectivity index (χ2v) is 8.27. The van der Waals surface area contributed by atoms with Gasteiger partial charge in [0.25, 0.3) is 10.0 Å². The summed E-state index contributed by atoms with van der Waals surface area (Å²) in [7, 11) is -2.08. The summed E-state index contributed by atoms with van der Waals surface area (Å²) in [5, 5.41) is 7.71. The summed E-state index contributed by atoms with van der Waals surface area (Å²) in [5.74, 6) is 0. The number of anilines is 1.